The molecule has 50 heavy (non-hydrogen) atoms. The summed E-state index contributed by atoms with van der Waals surface area (Å²) in [7, 11) is 6.70. The van der Waals surface area contributed by atoms with Crippen molar-refractivity contribution in [3.05, 3.63) is 97.1 Å². The Bertz CT molecular complexity index is 1640. The first-order valence-corrected chi connectivity index (χ1v) is 16.6. The van der Waals surface area contributed by atoms with Crippen LogP contribution in [0.1, 0.15) is 0 Å². The van der Waals surface area contributed by atoms with Crippen molar-refractivity contribution in [2.75, 3.05) is 110 Å². The van der Waals surface area contributed by atoms with Gasteiger partial charge in [-0.25, -0.2) is 14.6 Å². The van der Waals surface area contributed by atoms with E-state index in [4.69, 9.17) is 7.66 Å². The van der Waals surface area contributed by atoms with Crippen molar-refractivity contribution >= 4 is 46.2 Å². The average molecular weight is 685 g/mol. The lowest BCUT2D eigenvalue weighted by molar-refractivity contribution is 0.249. The largest absolute Gasteiger partial charge is 0.508 e. The predicted molar refractivity (Wildman–Crippen MR) is 204 cm³/mol. The van der Waals surface area contributed by atoms with Gasteiger partial charge in [-0.1, -0.05) is 0 Å². The summed E-state index contributed by atoms with van der Waals surface area (Å²) >= 11 is 0. The third-order valence-corrected chi connectivity index (χ3v) is 8.70. The molecule has 0 unspecified atom stereocenters. The number of nitrogens with zero attached hydrogens (tertiary/aromatic N) is 6. The molecular weight excluding hydrogens is 632 g/mol. The fraction of sp³-hybridized carbons (Fsp3) is 0.316. The second-order valence-electron chi connectivity index (χ2n) is 11.7. The van der Waals surface area contributed by atoms with Crippen LogP contribution in [0.3, 0.4) is 0 Å². The lowest BCUT2D eigenvalue weighted by Gasteiger charge is -2.37. The van der Waals surface area contributed by atoms with Gasteiger partial charge in [0.05, 0.1) is 0 Å². The van der Waals surface area contributed by atoms with Crippen LogP contribution >= 0.6 is 0 Å². The van der Waals surface area contributed by atoms with E-state index >= 15 is 0 Å². The molecule has 0 spiro atoms. The minimum absolute atomic E-state index is 0.131. The van der Waals surface area contributed by atoms with Gasteiger partial charge < -0.3 is 40.5 Å². The van der Waals surface area contributed by atoms with Gasteiger partial charge in [0, 0.05) is 115 Å². The zero-order valence-corrected chi connectivity index (χ0v) is 29.2. The molecule has 12 nitrogen and oxygen atoms in total. The molecule has 2 saturated heterocycles. The third-order valence-electron chi connectivity index (χ3n) is 8.70. The second-order valence-corrected chi connectivity index (χ2v) is 11.7. The van der Waals surface area contributed by atoms with Gasteiger partial charge in [-0.3, -0.25) is 4.90 Å². The Morgan fingerprint density at radius 3 is 1.26 bits per heavy atom. The van der Waals surface area contributed by atoms with E-state index in [1.807, 2.05) is 67.7 Å². The summed E-state index contributed by atoms with van der Waals surface area (Å²) < 4.78 is 13.8. The van der Waals surface area contributed by atoms with Crippen molar-refractivity contribution in [3.8, 4) is 11.5 Å². The molecule has 6 rings (SSSR count). The molecule has 0 bridgehead atoms. The SMILES string of the molecule is CN=C=O.[3H]Oc1ccc(N2CCN(c3ccc(N(C)C(=O)NC)cc3)CC2)cc1.[3H]Oc1ccc(N2CCN(c3ccc(NC)cc3)CC2)cc1. The number of benzene rings is 4. The molecule has 264 valence electrons. The number of urea groups is 1. The Labute approximate surface area is 297 Å². The lowest BCUT2D eigenvalue weighted by Crippen LogP contribution is -2.46. The van der Waals surface area contributed by atoms with Crippen LogP contribution in [0, 0.1) is 0 Å². The van der Waals surface area contributed by atoms with E-state index in [0.717, 1.165) is 75.1 Å². The summed E-state index contributed by atoms with van der Waals surface area (Å²) in [4.78, 5) is 34.6. The van der Waals surface area contributed by atoms with Gasteiger partial charge in [0.25, 0.3) is 2.86 Å². The number of aromatic hydroxyl groups is 2. The summed E-state index contributed by atoms with van der Waals surface area (Å²) in [5.41, 5.74) is 6.77. The van der Waals surface area contributed by atoms with Crippen molar-refractivity contribution in [3.63, 3.8) is 0 Å². The molecule has 0 aliphatic carbocycles. The van der Waals surface area contributed by atoms with E-state index < -0.39 is 0 Å². The Morgan fingerprint density at radius 1 is 0.660 bits per heavy atom. The van der Waals surface area contributed by atoms with E-state index in [2.05, 4.69) is 81.8 Å². The van der Waals surface area contributed by atoms with Crippen molar-refractivity contribution < 1.29 is 19.8 Å². The predicted octanol–water partition coefficient (Wildman–Crippen LogP) is 5.21. The standard InChI is InChI=1S/C19H24N4O2.C17H21N3O.C2H3NO/c1-20-19(25)21(2)15-3-5-16(6-4-15)22-11-13-23(14-12-22)17-7-9-18(24)10-8-17;1-18-14-2-4-15(5-3-14)19-10-12-20(13-11-19)16-6-8-17(21)9-7-16;1-3-2-4/h3-10,24H,11-14H2,1-2H3,(H,20,25);2-9,18,21H,10-13H2,1H3;1H3/i/hT2. The average Bonchev–Trinajstić information content (AvgIpc) is 3.23. The Kier molecular flexibility index (Phi) is 12.7. The molecule has 0 aromatic heterocycles. The number of anilines is 6. The van der Waals surface area contributed by atoms with Crippen molar-refractivity contribution in [2.24, 2.45) is 4.99 Å². The van der Waals surface area contributed by atoms with Gasteiger partial charge >= 0.3 is 6.03 Å². The molecule has 2 amide bonds. The van der Waals surface area contributed by atoms with Crippen LogP contribution in [0.5, 0.6) is 11.5 Å². The fourth-order valence-corrected chi connectivity index (χ4v) is 5.77. The number of nitrogens with one attached hydrogen (secondary N) is 2. The van der Waals surface area contributed by atoms with Crippen LogP contribution in [0.25, 0.3) is 0 Å². The Hall–Kier alpha value is -5.87. The van der Waals surface area contributed by atoms with Crippen LogP contribution in [-0.2, 0) is 4.79 Å². The highest BCUT2D eigenvalue weighted by atomic mass is 16.3. The zero-order chi connectivity index (χ0) is 37.3. The Balaban J connectivity index is 0.000000213. The summed E-state index contributed by atoms with van der Waals surface area (Å²) in [6.07, 6.45) is 1.31. The van der Waals surface area contributed by atoms with Gasteiger partial charge in [0.1, 0.15) is 11.5 Å². The summed E-state index contributed by atoms with van der Waals surface area (Å²) in [6, 6.07) is 31.8. The molecular formula is C38H48N8O4. The number of hydrogen-bond donors (Lipinski definition) is 4. The molecule has 0 saturated carbocycles. The molecule has 4 aromatic rings. The molecule has 2 aliphatic heterocycles. The monoisotopic (exact) mass is 684 g/mol. The van der Waals surface area contributed by atoms with E-state index in [9.17, 15) is 4.79 Å². The number of carbonyl (C=O) groups is 1. The maximum atomic E-state index is 11.7. The van der Waals surface area contributed by atoms with Gasteiger partial charge in [-0.2, -0.15) is 0 Å². The minimum atomic E-state index is -0.131. The highest BCUT2D eigenvalue weighted by molar-refractivity contribution is 5.91. The topological polar surface area (TPSA) is 127 Å². The highest BCUT2D eigenvalue weighted by Gasteiger charge is 2.19. The molecule has 2 heterocycles. The summed E-state index contributed by atoms with van der Waals surface area (Å²) in [5.74, 6) is 1.13. The minimum Gasteiger partial charge on any atom is -0.508 e. The first-order chi connectivity index (χ1) is 25.3. The third kappa shape index (κ3) is 10.3. The molecule has 2 aliphatic rings. The number of amides is 2. The molecule has 4 N–H and O–H groups in total. The number of isocyanates is 1. The van der Waals surface area contributed by atoms with Crippen LogP contribution in [0.15, 0.2) is 102 Å². The molecule has 4 aromatic carbocycles. The van der Waals surface area contributed by atoms with E-state index in [0.29, 0.717) is 11.5 Å². The number of hydrogen-bond acceptors (Lipinski definition) is 10. The Morgan fingerprint density at radius 2 is 0.980 bits per heavy atom. The number of aliphatic imine (C=N–C) groups is 1. The zero-order valence-electron chi connectivity index (χ0n) is 31.2. The first kappa shape index (κ1) is 34.0. The number of carbonyl (C=O) groups excluding carboxylic acids is 2. The smallest absolute Gasteiger partial charge is 0.321 e. The van der Waals surface area contributed by atoms with E-state index in [-0.39, 0.29) is 6.03 Å². The highest BCUT2D eigenvalue weighted by Crippen LogP contribution is 2.25. The van der Waals surface area contributed by atoms with Crippen molar-refractivity contribution in [1.82, 2.24) is 5.32 Å². The van der Waals surface area contributed by atoms with Crippen LogP contribution < -0.4 is 35.1 Å². The van der Waals surface area contributed by atoms with Crippen molar-refractivity contribution in [1.29, 1.82) is 2.86 Å². The maximum Gasteiger partial charge on any atom is 0.321 e. The van der Waals surface area contributed by atoms with E-state index in [1.165, 1.54) is 24.5 Å². The van der Waals surface area contributed by atoms with Gasteiger partial charge in [0.15, 0.2) is 0 Å². The van der Waals surface area contributed by atoms with Gasteiger partial charge in [0.2, 0.25) is 6.08 Å². The molecule has 2 fully saturated rings. The normalized spacial score (nSPS) is 14.2. The van der Waals surface area contributed by atoms with E-state index in [1.54, 1.807) is 19.0 Å². The van der Waals surface area contributed by atoms with Crippen LogP contribution in [0.2, 0.25) is 0 Å². The second kappa shape index (κ2) is 18.6. The molecule has 0 atom stereocenters. The maximum absolute atomic E-state index is 11.7. The van der Waals surface area contributed by atoms with Gasteiger partial charge in [-0.05, 0) is 97.1 Å². The number of piperazine rings is 2. The summed E-state index contributed by atoms with van der Waals surface area (Å²) in [5, 5.41) is 14.7. The number of rotatable bonds is 8. The van der Waals surface area contributed by atoms with Crippen LogP contribution in [-0.4, -0.2) is 106 Å². The first-order valence-electron chi connectivity index (χ1n) is 17.4. The van der Waals surface area contributed by atoms with Crippen LogP contribution in [0.4, 0.5) is 38.9 Å². The quantitative estimate of drug-likeness (QED) is 0.146. The number of phenolic OH excluding ortho intramolecular Hbond substituents is 2. The molecule has 0 radical (unpaired) electrons. The number of phenols is 2. The van der Waals surface area contributed by atoms with Gasteiger partial charge in [-0.15, -0.1) is 0 Å². The lowest BCUT2D eigenvalue weighted by atomic mass is 10.2. The van der Waals surface area contributed by atoms with Crippen molar-refractivity contribution in [2.45, 2.75) is 0 Å². The fourth-order valence-electron chi connectivity index (χ4n) is 5.77. The summed E-state index contributed by atoms with van der Waals surface area (Å²) in [6.45, 7) is 7.74. The molecule has 12 heteroatoms.